The van der Waals surface area contributed by atoms with Gasteiger partial charge in [0.25, 0.3) is 5.91 Å². The number of carbonyl (C=O) groups excluding carboxylic acids is 1. The number of carbonyl (C=O) groups is 1. The Morgan fingerprint density at radius 2 is 2.19 bits per heavy atom. The number of nitrogens with one attached hydrogen (secondary N) is 1. The van der Waals surface area contributed by atoms with Crippen LogP contribution in [0.1, 0.15) is 42.6 Å². The maximum Gasteiger partial charge on any atom is 0.260 e. The first-order chi connectivity index (χ1) is 15.0. The van der Waals surface area contributed by atoms with Crippen LogP contribution in [0.3, 0.4) is 0 Å². The molecule has 5 rings (SSSR count). The van der Waals surface area contributed by atoms with Crippen LogP contribution in [0.2, 0.25) is 0 Å². The van der Waals surface area contributed by atoms with E-state index in [-0.39, 0.29) is 18.1 Å². The van der Waals surface area contributed by atoms with Gasteiger partial charge < -0.3 is 15.2 Å². The van der Waals surface area contributed by atoms with Crippen LogP contribution in [-0.2, 0) is 0 Å². The molecule has 9 nitrogen and oxygen atoms in total. The van der Waals surface area contributed by atoms with Crippen molar-refractivity contribution in [2.24, 2.45) is 5.92 Å². The van der Waals surface area contributed by atoms with Crippen LogP contribution >= 0.6 is 0 Å². The van der Waals surface area contributed by atoms with E-state index in [1.165, 1.54) is 7.11 Å². The van der Waals surface area contributed by atoms with Crippen molar-refractivity contribution < 1.29 is 14.6 Å². The van der Waals surface area contributed by atoms with E-state index in [9.17, 15) is 9.90 Å². The summed E-state index contributed by atoms with van der Waals surface area (Å²) in [5.41, 5.74) is 1.82. The molecule has 0 aliphatic heterocycles. The van der Waals surface area contributed by atoms with Crippen LogP contribution in [0.25, 0.3) is 16.6 Å². The molecule has 0 radical (unpaired) electrons. The molecule has 1 aromatic carbocycles. The average molecular weight is 420 g/mol. The van der Waals surface area contributed by atoms with Crippen LogP contribution in [0.15, 0.2) is 42.9 Å². The lowest BCUT2D eigenvalue weighted by Gasteiger charge is -2.31. The molecular formula is C22H24N6O3. The second-order valence-corrected chi connectivity index (χ2v) is 8.12. The molecule has 3 aromatic heterocycles. The number of amides is 1. The molecule has 1 amide bonds. The van der Waals surface area contributed by atoms with Gasteiger partial charge in [-0.05, 0) is 43.4 Å². The van der Waals surface area contributed by atoms with Gasteiger partial charge in [0.15, 0.2) is 11.5 Å². The SMILES string of the molecule is COc1cc2nn([C@H]3CC[C@H](O)C[C@@H]3C)cc2cc1C(=O)Nc1cnc2cccnn12. The number of ether oxygens (including phenoxy) is 1. The number of aliphatic hydroxyl groups excluding tert-OH is 1. The minimum absolute atomic E-state index is 0.225. The summed E-state index contributed by atoms with van der Waals surface area (Å²) in [5, 5.41) is 22.6. The smallest absolute Gasteiger partial charge is 0.260 e. The summed E-state index contributed by atoms with van der Waals surface area (Å²) in [4.78, 5) is 17.3. The van der Waals surface area contributed by atoms with Crippen LogP contribution in [0, 0.1) is 5.92 Å². The molecule has 1 fully saturated rings. The van der Waals surface area contributed by atoms with E-state index in [0.717, 1.165) is 30.2 Å². The van der Waals surface area contributed by atoms with E-state index in [0.29, 0.717) is 28.7 Å². The van der Waals surface area contributed by atoms with Crippen LogP contribution in [0.4, 0.5) is 5.82 Å². The zero-order valence-electron chi connectivity index (χ0n) is 17.4. The van der Waals surface area contributed by atoms with Gasteiger partial charge in [0, 0.05) is 23.8 Å². The first kappa shape index (κ1) is 19.5. The normalized spacial score (nSPS) is 21.5. The number of hydrogen-bond acceptors (Lipinski definition) is 6. The van der Waals surface area contributed by atoms with E-state index < -0.39 is 0 Å². The third-order valence-corrected chi connectivity index (χ3v) is 6.04. The first-order valence-electron chi connectivity index (χ1n) is 10.4. The number of hydrogen-bond donors (Lipinski definition) is 2. The van der Waals surface area contributed by atoms with Gasteiger partial charge in [-0.3, -0.25) is 9.48 Å². The largest absolute Gasteiger partial charge is 0.496 e. The molecule has 0 unspecified atom stereocenters. The number of nitrogens with zero attached hydrogens (tertiary/aromatic N) is 5. The molecule has 160 valence electrons. The number of aromatic nitrogens is 5. The summed E-state index contributed by atoms with van der Waals surface area (Å²) in [6, 6.07) is 7.41. The second kappa shape index (κ2) is 7.66. The molecular weight excluding hydrogens is 396 g/mol. The van der Waals surface area contributed by atoms with E-state index in [1.807, 2.05) is 16.9 Å². The molecule has 1 aliphatic carbocycles. The Bertz CT molecular complexity index is 1260. The monoisotopic (exact) mass is 420 g/mol. The van der Waals surface area contributed by atoms with E-state index in [2.05, 4.69) is 22.3 Å². The zero-order chi connectivity index (χ0) is 21.5. The fourth-order valence-corrected chi connectivity index (χ4v) is 4.43. The van der Waals surface area contributed by atoms with Gasteiger partial charge in [0.2, 0.25) is 0 Å². The number of imidazole rings is 1. The van der Waals surface area contributed by atoms with Crippen molar-refractivity contribution in [3.8, 4) is 5.75 Å². The van der Waals surface area contributed by atoms with Gasteiger partial charge in [-0.2, -0.15) is 14.7 Å². The first-order valence-corrected chi connectivity index (χ1v) is 10.4. The Morgan fingerprint density at radius 3 is 3.00 bits per heavy atom. The highest BCUT2D eigenvalue weighted by molar-refractivity contribution is 6.08. The summed E-state index contributed by atoms with van der Waals surface area (Å²) in [6.45, 7) is 2.14. The summed E-state index contributed by atoms with van der Waals surface area (Å²) in [5.74, 6) is 0.940. The van der Waals surface area contributed by atoms with Crippen molar-refractivity contribution in [2.75, 3.05) is 12.4 Å². The van der Waals surface area contributed by atoms with Crippen molar-refractivity contribution in [3.05, 3.63) is 48.4 Å². The Kier molecular flexibility index (Phi) is 4.82. The Labute approximate surface area is 178 Å². The molecule has 31 heavy (non-hydrogen) atoms. The number of aliphatic hydroxyl groups is 1. The predicted molar refractivity (Wildman–Crippen MR) is 115 cm³/mol. The Hall–Kier alpha value is -3.46. The predicted octanol–water partition coefficient (Wildman–Crippen LogP) is 3.06. The van der Waals surface area contributed by atoms with Gasteiger partial charge in [-0.25, -0.2) is 4.98 Å². The summed E-state index contributed by atoms with van der Waals surface area (Å²) in [6.07, 6.45) is 7.36. The quantitative estimate of drug-likeness (QED) is 0.526. The van der Waals surface area contributed by atoms with E-state index in [4.69, 9.17) is 9.84 Å². The van der Waals surface area contributed by atoms with Crippen LogP contribution < -0.4 is 10.1 Å². The van der Waals surface area contributed by atoms with Crippen molar-refractivity contribution in [1.82, 2.24) is 24.4 Å². The molecule has 3 heterocycles. The van der Waals surface area contributed by atoms with Gasteiger partial charge in [0.1, 0.15) is 5.75 Å². The molecule has 0 bridgehead atoms. The van der Waals surface area contributed by atoms with Gasteiger partial charge in [0.05, 0.1) is 36.5 Å². The van der Waals surface area contributed by atoms with E-state index >= 15 is 0 Å². The number of methoxy groups -OCH3 is 1. The minimum Gasteiger partial charge on any atom is -0.496 e. The lowest BCUT2D eigenvalue weighted by molar-refractivity contribution is 0.0750. The number of benzene rings is 1. The molecule has 2 N–H and O–H groups in total. The highest BCUT2D eigenvalue weighted by atomic mass is 16.5. The molecule has 3 atom stereocenters. The van der Waals surface area contributed by atoms with Crippen molar-refractivity contribution in [2.45, 2.75) is 38.3 Å². The van der Waals surface area contributed by atoms with Gasteiger partial charge in [-0.15, -0.1) is 0 Å². The Balaban J connectivity index is 1.47. The molecule has 0 saturated heterocycles. The van der Waals surface area contributed by atoms with E-state index in [1.54, 1.807) is 35.1 Å². The molecule has 0 spiro atoms. The third kappa shape index (κ3) is 3.50. The zero-order valence-corrected chi connectivity index (χ0v) is 17.4. The fourth-order valence-electron chi connectivity index (χ4n) is 4.43. The summed E-state index contributed by atoms with van der Waals surface area (Å²) in [7, 11) is 1.54. The lowest BCUT2D eigenvalue weighted by Crippen LogP contribution is -2.28. The van der Waals surface area contributed by atoms with Gasteiger partial charge >= 0.3 is 0 Å². The Morgan fingerprint density at radius 1 is 1.32 bits per heavy atom. The summed E-state index contributed by atoms with van der Waals surface area (Å²) < 4.78 is 9.03. The molecule has 1 aliphatic rings. The molecule has 9 heteroatoms. The number of rotatable bonds is 4. The average Bonchev–Trinajstić information content (AvgIpc) is 3.36. The fraction of sp³-hybridized carbons (Fsp3) is 0.364. The third-order valence-electron chi connectivity index (χ3n) is 6.04. The number of fused-ring (bicyclic) bond motifs is 2. The highest BCUT2D eigenvalue weighted by Gasteiger charge is 2.28. The lowest BCUT2D eigenvalue weighted by atomic mass is 9.84. The molecule has 1 saturated carbocycles. The second-order valence-electron chi connectivity index (χ2n) is 8.12. The maximum absolute atomic E-state index is 13.1. The summed E-state index contributed by atoms with van der Waals surface area (Å²) >= 11 is 0. The standard InChI is InChI=1S/C22H24N6O3/c1-13-8-15(29)5-6-18(13)27-12-14-9-16(19(31-2)10-17(14)26-27)22(30)25-21-11-23-20-4-3-7-24-28(20)21/h3-4,7,9-13,15,18,29H,5-6,8H2,1-2H3,(H,25,30)/t13-,15-,18-/m0/s1. The van der Waals surface area contributed by atoms with Gasteiger partial charge in [-0.1, -0.05) is 6.92 Å². The molecule has 4 aromatic rings. The highest BCUT2D eigenvalue weighted by Crippen LogP contribution is 2.35. The van der Waals surface area contributed by atoms with Crippen molar-refractivity contribution in [3.63, 3.8) is 0 Å². The van der Waals surface area contributed by atoms with Crippen molar-refractivity contribution >= 4 is 28.3 Å². The van der Waals surface area contributed by atoms with Crippen LogP contribution in [-0.4, -0.2) is 48.6 Å². The van der Waals surface area contributed by atoms with Crippen LogP contribution in [0.5, 0.6) is 5.75 Å². The van der Waals surface area contributed by atoms with Crippen molar-refractivity contribution in [1.29, 1.82) is 0 Å². The minimum atomic E-state index is -0.312. The number of anilines is 1. The maximum atomic E-state index is 13.1. The topological polar surface area (TPSA) is 107 Å².